The van der Waals surface area contributed by atoms with Crippen molar-refractivity contribution < 1.29 is 4.42 Å². The summed E-state index contributed by atoms with van der Waals surface area (Å²) in [6, 6.07) is 21.3. The van der Waals surface area contributed by atoms with Crippen molar-refractivity contribution in [1.29, 1.82) is 5.26 Å². The second-order valence-corrected chi connectivity index (χ2v) is 4.61. The predicted octanol–water partition coefficient (Wildman–Crippen LogP) is 3.90. The minimum Gasteiger partial charge on any atom is -0.422 e. The van der Waals surface area contributed by atoms with Gasteiger partial charge >= 0.3 is 0 Å². The van der Waals surface area contributed by atoms with Crippen molar-refractivity contribution in [1.82, 2.24) is 4.98 Å². The largest absolute Gasteiger partial charge is 0.422 e. The average molecular weight is 290 g/mol. The van der Waals surface area contributed by atoms with Gasteiger partial charge in [-0.2, -0.15) is 10.2 Å². The SMILES string of the molecule is N#Cc1nc(CNc2ccccc2)oc1Nc1ccccc1. The second kappa shape index (κ2) is 6.46. The molecule has 2 N–H and O–H groups in total. The van der Waals surface area contributed by atoms with Gasteiger partial charge in [-0.25, -0.2) is 0 Å². The van der Waals surface area contributed by atoms with Crippen molar-refractivity contribution in [2.75, 3.05) is 10.6 Å². The first kappa shape index (κ1) is 13.7. The molecule has 3 aromatic rings. The molecular formula is C17H14N4O. The first-order chi connectivity index (χ1) is 10.8. The van der Waals surface area contributed by atoms with Gasteiger partial charge in [0.25, 0.3) is 0 Å². The summed E-state index contributed by atoms with van der Waals surface area (Å²) in [5, 5.41) is 15.4. The number of aromatic nitrogens is 1. The van der Waals surface area contributed by atoms with E-state index < -0.39 is 0 Å². The average Bonchev–Trinajstić information content (AvgIpc) is 2.97. The third-order valence-electron chi connectivity index (χ3n) is 3.03. The molecule has 0 aliphatic rings. The molecule has 0 spiro atoms. The highest BCUT2D eigenvalue weighted by Crippen LogP contribution is 2.22. The van der Waals surface area contributed by atoms with Crippen LogP contribution in [0.25, 0.3) is 0 Å². The van der Waals surface area contributed by atoms with Crippen LogP contribution in [0.2, 0.25) is 0 Å². The van der Waals surface area contributed by atoms with E-state index in [-0.39, 0.29) is 5.69 Å². The zero-order valence-corrected chi connectivity index (χ0v) is 11.8. The Labute approximate surface area is 128 Å². The first-order valence-electron chi connectivity index (χ1n) is 6.86. The van der Waals surface area contributed by atoms with Gasteiger partial charge in [0.1, 0.15) is 6.07 Å². The fourth-order valence-electron chi connectivity index (χ4n) is 1.99. The van der Waals surface area contributed by atoms with Crippen LogP contribution in [0, 0.1) is 11.3 Å². The number of hydrogen-bond acceptors (Lipinski definition) is 5. The lowest BCUT2D eigenvalue weighted by molar-refractivity contribution is 0.518. The summed E-state index contributed by atoms with van der Waals surface area (Å²) >= 11 is 0. The monoisotopic (exact) mass is 290 g/mol. The highest BCUT2D eigenvalue weighted by Gasteiger charge is 2.12. The zero-order chi connectivity index (χ0) is 15.2. The van der Waals surface area contributed by atoms with Gasteiger partial charge < -0.3 is 15.1 Å². The van der Waals surface area contributed by atoms with Gasteiger partial charge in [0, 0.05) is 11.4 Å². The van der Waals surface area contributed by atoms with E-state index in [0.717, 1.165) is 11.4 Å². The predicted molar refractivity (Wildman–Crippen MR) is 84.7 cm³/mol. The minimum atomic E-state index is 0.244. The zero-order valence-electron chi connectivity index (χ0n) is 11.8. The second-order valence-electron chi connectivity index (χ2n) is 4.61. The fourth-order valence-corrected chi connectivity index (χ4v) is 1.99. The molecule has 5 nitrogen and oxygen atoms in total. The van der Waals surface area contributed by atoms with Crippen molar-refractivity contribution in [3.05, 3.63) is 72.2 Å². The molecule has 108 valence electrons. The molecule has 0 radical (unpaired) electrons. The van der Waals surface area contributed by atoms with Crippen LogP contribution < -0.4 is 10.6 Å². The summed E-state index contributed by atoms with van der Waals surface area (Å²) in [6.07, 6.45) is 0. The fraction of sp³-hybridized carbons (Fsp3) is 0.0588. The van der Waals surface area contributed by atoms with Gasteiger partial charge in [-0.15, -0.1) is 0 Å². The molecule has 5 heteroatoms. The van der Waals surface area contributed by atoms with Crippen LogP contribution >= 0.6 is 0 Å². The Morgan fingerprint density at radius 3 is 2.23 bits per heavy atom. The molecule has 3 rings (SSSR count). The minimum absolute atomic E-state index is 0.244. The number of nitrogens with zero attached hydrogens (tertiary/aromatic N) is 2. The summed E-state index contributed by atoms with van der Waals surface area (Å²) in [5.74, 6) is 0.817. The lowest BCUT2D eigenvalue weighted by Gasteiger charge is -2.03. The topological polar surface area (TPSA) is 73.9 Å². The lowest BCUT2D eigenvalue weighted by atomic mass is 10.3. The molecule has 0 fully saturated rings. The first-order valence-corrected chi connectivity index (χ1v) is 6.86. The van der Waals surface area contributed by atoms with E-state index in [4.69, 9.17) is 9.68 Å². The van der Waals surface area contributed by atoms with Crippen molar-refractivity contribution >= 4 is 17.3 Å². The van der Waals surface area contributed by atoms with Crippen LogP contribution in [0.1, 0.15) is 11.6 Å². The smallest absolute Gasteiger partial charge is 0.236 e. The van der Waals surface area contributed by atoms with Gasteiger partial charge in [0.15, 0.2) is 0 Å². The third kappa shape index (κ3) is 3.25. The van der Waals surface area contributed by atoms with E-state index in [1.165, 1.54) is 0 Å². The molecular weight excluding hydrogens is 276 g/mol. The number of benzene rings is 2. The maximum Gasteiger partial charge on any atom is 0.236 e. The lowest BCUT2D eigenvalue weighted by Crippen LogP contribution is -1.99. The number of oxazole rings is 1. The summed E-state index contributed by atoms with van der Waals surface area (Å²) in [5.41, 5.74) is 2.06. The van der Waals surface area contributed by atoms with Crippen molar-refractivity contribution in [2.45, 2.75) is 6.54 Å². The molecule has 0 bridgehead atoms. The number of rotatable bonds is 5. The number of anilines is 3. The Hall–Kier alpha value is -3.26. The van der Waals surface area contributed by atoms with Gasteiger partial charge in [0.05, 0.1) is 6.54 Å². The summed E-state index contributed by atoms with van der Waals surface area (Å²) in [6.45, 7) is 0.412. The van der Waals surface area contributed by atoms with Gasteiger partial charge in [-0.05, 0) is 24.3 Å². The Balaban J connectivity index is 1.73. The van der Waals surface area contributed by atoms with E-state index in [2.05, 4.69) is 15.6 Å². The quantitative estimate of drug-likeness (QED) is 0.745. The normalized spacial score (nSPS) is 9.95. The van der Waals surface area contributed by atoms with E-state index in [0.29, 0.717) is 18.3 Å². The molecule has 0 unspecified atom stereocenters. The molecule has 0 saturated carbocycles. The van der Waals surface area contributed by atoms with Crippen LogP contribution in [-0.2, 0) is 6.54 Å². The van der Waals surface area contributed by atoms with Crippen LogP contribution in [0.5, 0.6) is 0 Å². The molecule has 0 atom stereocenters. The maximum absolute atomic E-state index is 9.16. The van der Waals surface area contributed by atoms with Crippen molar-refractivity contribution in [3.8, 4) is 6.07 Å². The molecule has 1 aromatic heterocycles. The Morgan fingerprint density at radius 2 is 1.59 bits per heavy atom. The van der Waals surface area contributed by atoms with E-state index in [9.17, 15) is 0 Å². The Morgan fingerprint density at radius 1 is 0.955 bits per heavy atom. The number of para-hydroxylation sites is 2. The Kier molecular flexibility index (Phi) is 4.03. The van der Waals surface area contributed by atoms with Crippen LogP contribution in [0.4, 0.5) is 17.3 Å². The summed E-state index contributed by atoms with van der Waals surface area (Å²) in [4.78, 5) is 4.19. The standard InChI is InChI=1S/C17H14N4O/c18-11-15-17(20-14-9-5-2-6-10-14)22-16(21-15)12-19-13-7-3-1-4-8-13/h1-10,19-20H,12H2. The number of hydrogen-bond donors (Lipinski definition) is 2. The van der Waals surface area contributed by atoms with Gasteiger partial charge in [0.2, 0.25) is 17.5 Å². The van der Waals surface area contributed by atoms with Crippen molar-refractivity contribution in [3.63, 3.8) is 0 Å². The molecule has 0 aliphatic heterocycles. The van der Waals surface area contributed by atoms with Crippen LogP contribution in [-0.4, -0.2) is 4.98 Å². The molecule has 22 heavy (non-hydrogen) atoms. The van der Waals surface area contributed by atoms with Gasteiger partial charge in [-0.1, -0.05) is 36.4 Å². The summed E-state index contributed by atoms with van der Waals surface area (Å²) < 4.78 is 5.62. The highest BCUT2D eigenvalue weighted by atomic mass is 16.4. The molecule has 0 aliphatic carbocycles. The van der Waals surface area contributed by atoms with Crippen LogP contribution in [0.15, 0.2) is 65.1 Å². The van der Waals surface area contributed by atoms with Gasteiger partial charge in [-0.3, -0.25) is 0 Å². The van der Waals surface area contributed by atoms with Crippen LogP contribution in [0.3, 0.4) is 0 Å². The number of nitrogens with one attached hydrogen (secondary N) is 2. The summed E-state index contributed by atoms with van der Waals surface area (Å²) in [7, 11) is 0. The number of nitriles is 1. The van der Waals surface area contributed by atoms with E-state index in [1.807, 2.05) is 66.7 Å². The van der Waals surface area contributed by atoms with E-state index in [1.54, 1.807) is 0 Å². The third-order valence-corrected chi connectivity index (χ3v) is 3.03. The maximum atomic E-state index is 9.16. The Bertz CT molecular complexity index is 775. The van der Waals surface area contributed by atoms with Crippen molar-refractivity contribution in [2.24, 2.45) is 0 Å². The van der Waals surface area contributed by atoms with E-state index >= 15 is 0 Å². The molecule has 2 aromatic carbocycles. The molecule has 1 heterocycles. The highest BCUT2D eigenvalue weighted by molar-refractivity contribution is 5.59. The molecule has 0 amide bonds. The molecule has 0 saturated heterocycles.